The van der Waals surface area contributed by atoms with Gasteiger partial charge in [-0.25, -0.2) is 4.79 Å². The van der Waals surface area contributed by atoms with E-state index < -0.39 is 0 Å². The molecular weight excluding hydrogens is 330 g/mol. The summed E-state index contributed by atoms with van der Waals surface area (Å²) in [6.07, 6.45) is 2.53. The van der Waals surface area contributed by atoms with E-state index in [2.05, 4.69) is 16.0 Å². The Hall–Kier alpha value is -3.02. The van der Waals surface area contributed by atoms with Crippen molar-refractivity contribution in [2.75, 3.05) is 18.5 Å². The van der Waals surface area contributed by atoms with Gasteiger partial charge in [-0.3, -0.25) is 4.79 Å². The molecule has 26 heavy (non-hydrogen) atoms. The van der Waals surface area contributed by atoms with Gasteiger partial charge in [0.25, 0.3) is 0 Å². The number of ether oxygens (including phenoxy) is 1. The van der Waals surface area contributed by atoms with Gasteiger partial charge in [-0.2, -0.15) is 0 Å². The van der Waals surface area contributed by atoms with Crippen LogP contribution in [0.3, 0.4) is 0 Å². The number of rotatable bonds is 8. The summed E-state index contributed by atoms with van der Waals surface area (Å²) in [4.78, 5) is 23.6. The second kappa shape index (κ2) is 8.89. The van der Waals surface area contributed by atoms with Crippen LogP contribution in [0.4, 0.5) is 10.5 Å². The van der Waals surface area contributed by atoms with Gasteiger partial charge >= 0.3 is 6.03 Å². The summed E-state index contributed by atoms with van der Waals surface area (Å²) in [5.41, 5.74) is 1.60. The van der Waals surface area contributed by atoms with Gasteiger partial charge in [0.1, 0.15) is 12.4 Å². The molecule has 1 aliphatic rings. The highest BCUT2D eigenvalue weighted by molar-refractivity contribution is 5.89. The van der Waals surface area contributed by atoms with Gasteiger partial charge in [-0.15, -0.1) is 0 Å². The monoisotopic (exact) mass is 353 g/mol. The lowest BCUT2D eigenvalue weighted by molar-refractivity contribution is -0.120. The SMILES string of the molecule is O=C(Cc1ccc(NC(=O)NCCOc2ccccc2)cc1)NC1CC1. The second-order valence-corrected chi connectivity index (χ2v) is 6.26. The van der Waals surface area contributed by atoms with Crippen LogP contribution in [0, 0.1) is 0 Å². The number of carbonyl (C=O) groups is 2. The van der Waals surface area contributed by atoms with E-state index in [1.807, 2.05) is 42.5 Å². The highest BCUT2D eigenvalue weighted by atomic mass is 16.5. The minimum absolute atomic E-state index is 0.0457. The van der Waals surface area contributed by atoms with Gasteiger partial charge < -0.3 is 20.7 Å². The van der Waals surface area contributed by atoms with Crippen LogP contribution in [0.25, 0.3) is 0 Å². The summed E-state index contributed by atoms with van der Waals surface area (Å²) >= 11 is 0. The third-order valence-electron chi connectivity index (χ3n) is 3.92. The molecule has 0 unspecified atom stereocenters. The highest BCUT2D eigenvalue weighted by Crippen LogP contribution is 2.19. The summed E-state index contributed by atoms with van der Waals surface area (Å²) in [5.74, 6) is 0.820. The van der Waals surface area contributed by atoms with Crippen LogP contribution in [0.5, 0.6) is 5.75 Å². The lowest BCUT2D eigenvalue weighted by atomic mass is 10.1. The number of amides is 3. The Balaban J connectivity index is 1.35. The van der Waals surface area contributed by atoms with Crippen LogP contribution in [-0.4, -0.2) is 31.1 Å². The normalized spacial score (nSPS) is 12.9. The van der Waals surface area contributed by atoms with Crippen molar-refractivity contribution >= 4 is 17.6 Å². The molecule has 2 aromatic rings. The number of benzene rings is 2. The average molecular weight is 353 g/mol. The topological polar surface area (TPSA) is 79.5 Å². The maximum Gasteiger partial charge on any atom is 0.319 e. The molecule has 0 atom stereocenters. The van der Waals surface area contributed by atoms with Gasteiger partial charge in [0.2, 0.25) is 5.91 Å². The zero-order chi connectivity index (χ0) is 18.2. The first-order chi connectivity index (χ1) is 12.7. The summed E-state index contributed by atoms with van der Waals surface area (Å²) in [6, 6.07) is 16.8. The van der Waals surface area contributed by atoms with E-state index >= 15 is 0 Å². The molecule has 0 radical (unpaired) electrons. The molecule has 0 aliphatic heterocycles. The van der Waals surface area contributed by atoms with E-state index in [9.17, 15) is 9.59 Å². The Morgan fingerprint density at radius 1 is 1.00 bits per heavy atom. The average Bonchev–Trinajstić information content (AvgIpc) is 3.45. The molecule has 136 valence electrons. The van der Waals surface area contributed by atoms with Crippen LogP contribution < -0.4 is 20.7 Å². The van der Waals surface area contributed by atoms with E-state index in [1.165, 1.54) is 0 Å². The minimum atomic E-state index is -0.291. The number of anilines is 1. The van der Waals surface area contributed by atoms with Crippen LogP contribution in [0.1, 0.15) is 18.4 Å². The van der Waals surface area contributed by atoms with Crippen molar-refractivity contribution in [2.45, 2.75) is 25.3 Å². The molecule has 2 aromatic carbocycles. The molecule has 0 bridgehead atoms. The summed E-state index contributed by atoms with van der Waals surface area (Å²) in [6.45, 7) is 0.798. The van der Waals surface area contributed by atoms with Crippen molar-refractivity contribution in [1.29, 1.82) is 0 Å². The molecular formula is C20H23N3O3. The fraction of sp³-hybridized carbons (Fsp3) is 0.300. The Bertz CT molecular complexity index is 728. The molecule has 1 fully saturated rings. The molecule has 6 nitrogen and oxygen atoms in total. The second-order valence-electron chi connectivity index (χ2n) is 6.26. The molecule has 3 N–H and O–H groups in total. The maximum atomic E-state index is 11.9. The molecule has 3 amide bonds. The van der Waals surface area contributed by atoms with Gasteiger partial charge in [-0.05, 0) is 42.7 Å². The maximum absolute atomic E-state index is 11.9. The number of carbonyl (C=O) groups excluding carboxylic acids is 2. The van der Waals surface area contributed by atoms with Crippen molar-refractivity contribution < 1.29 is 14.3 Å². The molecule has 0 aromatic heterocycles. The number of hydrogen-bond acceptors (Lipinski definition) is 3. The number of hydrogen-bond donors (Lipinski definition) is 3. The molecule has 0 heterocycles. The lowest BCUT2D eigenvalue weighted by Gasteiger charge is -2.09. The molecule has 0 spiro atoms. The Morgan fingerprint density at radius 3 is 2.42 bits per heavy atom. The van der Waals surface area contributed by atoms with Gasteiger partial charge in [-0.1, -0.05) is 30.3 Å². The molecule has 6 heteroatoms. The predicted octanol–water partition coefficient (Wildman–Crippen LogP) is 2.71. The first-order valence-corrected chi connectivity index (χ1v) is 8.80. The Kier molecular flexibility index (Phi) is 6.09. The van der Waals surface area contributed by atoms with Crippen molar-refractivity contribution in [1.82, 2.24) is 10.6 Å². The third kappa shape index (κ3) is 6.12. The number of para-hydroxylation sites is 1. The van der Waals surface area contributed by atoms with Crippen LogP contribution >= 0.6 is 0 Å². The zero-order valence-electron chi connectivity index (χ0n) is 14.5. The largest absolute Gasteiger partial charge is 0.492 e. The fourth-order valence-electron chi connectivity index (χ4n) is 2.42. The smallest absolute Gasteiger partial charge is 0.319 e. The fourth-order valence-corrected chi connectivity index (χ4v) is 2.42. The Morgan fingerprint density at radius 2 is 1.73 bits per heavy atom. The van der Waals surface area contributed by atoms with E-state index in [4.69, 9.17) is 4.74 Å². The van der Waals surface area contributed by atoms with Crippen LogP contribution in [0.2, 0.25) is 0 Å². The van der Waals surface area contributed by atoms with E-state index in [0.717, 1.165) is 24.2 Å². The lowest BCUT2D eigenvalue weighted by Crippen LogP contribution is -2.32. The molecule has 1 aliphatic carbocycles. The van der Waals surface area contributed by atoms with Gasteiger partial charge in [0, 0.05) is 11.7 Å². The predicted molar refractivity (Wildman–Crippen MR) is 100 cm³/mol. The minimum Gasteiger partial charge on any atom is -0.492 e. The van der Waals surface area contributed by atoms with Crippen LogP contribution in [0.15, 0.2) is 54.6 Å². The highest BCUT2D eigenvalue weighted by Gasteiger charge is 2.22. The van der Waals surface area contributed by atoms with Crippen molar-refractivity contribution in [3.8, 4) is 5.75 Å². The number of urea groups is 1. The summed E-state index contributed by atoms with van der Waals surface area (Å²) in [5, 5.41) is 8.45. The third-order valence-corrected chi connectivity index (χ3v) is 3.92. The Labute approximate surface area is 152 Å². The molecule has 1 saturated carbocycles. The van der Waals surface area contributed by atoms with Gasteiger partial charge in [0.15, 0.2) is 0 Å². The van der Waals surface area contributed by atoms with Crippen LogP contribution in [-0.2, 0) is 11.2 Å². The van der Waals surface area contributed by atoms with E-state index in [-0.39, 0.29) is 11.9 Å². The summed E-state index contributed by atoms with van der Waals surface area (Å²) < 4.78 is 5.51. The first kappa shape index (κ1) is 17.8. The van der Waals surface area contributed by atoms with Crippen molar-refractivity contribution in [3.05, 3.63) is 60.2 Å². The van der Waals surface area contributed by atoms with Crippen molar-refractivity contribution in [3.63, 3.8) is 0 Å². The zero-order valence-corrected chi connectivity index (χ0v) is 14.5. The van der Waals surface area contributed by atoms with Gasteiger partial charge in [0.05, 0.1) is 13.0 Å². The number of nitrogens with one attached hydrogen (secondary N) is 3. The van der Waals surface area contributed by atoms with E-state index in [1.54, 1.807) is 12.1 Å². The first-order valence-electron chi connectivity index (χ1n) is 8.80. The molecule has 0 saturated heterocycles. The molecule has 3 rings (SSSR count). The quantitative estimate of drug-likeness (QED) is 0.639. The standard InChI is InChI=1S/C20H23N3O3/c24-19(22-16-10-11-16)14-15-6-8-17(9-7-15)23-20(25)21-12-13-26-18-4-2-1-3-5-18/h1-9,16H,10-14H2,(H,22,24)(H2,21,23,25). The van der Waals surface area contributed by atoms with E-state index in [0.29, 0.717) is 31.3 Å². The van der Waals surface area contributed by atoms with Crippen molar-refractivity contribution in [2.24, 2.45) is 0 Å². The summed E-state index contributed by atoms with van der Waals surface area (Å²) in [7, 11) is 0.